The molecule has 0 amide bonds. The van der Waals surface area contributed by atoms with Crippen LogP contribution in [0.4, 0.5) is 0 Å². The highest BCUT2D eigenvalue weighted by Crippen LogP contribution is 2.34. The minimum absolute atomic E-state index is 0.0210. The van der Waals surface area contributed by atoms with Crippen molar-refractivity contribution >= 4 is 34.8 Å². The number of nitrogens with zero attached hydrogens (tertiary/aromatic N) is 2. The summed E-state index contributed by atoms with van der Waals surface area (Å²) in [5, 5.41) is 5.81. The van der Waals surface area contributed by atoms with Gasteiger partial charge in [0.15, 0.2) is 0 Å². The molecule has 0 saturated heterocycles. The molecule has 0 bridgehead atoms. The summed E-state index contributed by atoms with van der Waals surface area (Å²) in [7, 11) is 0. The fourth-order valence-corrected chi connectivity index (χ4v) is 2.73. The van der Waals surface area contributed by atoms with Crippen LogP contribution in [0.15, 0.2) is 30.6 Å². The third kappa shape index (κ3) is 2.19. The first-order chi connectivity index (χ1) is 7.59. The van der Waals surface area contributed by atoms with E-state index in [1.807, 2.05) is 19.2 Å². The highest BCUT2D eigenvalue weighted by atomic mass is 35.5. The summed E-state index contributed by atoms with van der Waals surface area (Å²) in [6, 6.07) is 5.20. The Morgan fingerprint density at radius 3 is 2.31 bits per heavy atom. The van der Waals surface area contributed by atoms with Crippen LogP contribution in [0.2, 0.25) is 15.1 Å². The number of aromatic nitrogens is 2. The highest BCUT2D eigenvalue weighted by Gasteiger charge is 2.16. The lowest BCUT2D eigenvalue weighted by Gasteiger charge is -2.16. The van der Waals surface area contributed by atoms with Crippen molar-refractivity contribution < 1.29 is 0 Å². The summed E-state index contributed by atoms with van der Waals surface area (Å²) >= 11 is 18.1. The molecule has 0 spiro atoms. The van der Waals surface area contributed by atoms with Gasteiger partial charge in [-0.05, 0) is 25.1 Å². The molecular formula is C11H9Cl3N2. The van der Waals surface area contributed by atoms with Gasteiger partial charge in [0.05, 0.1) is 6.04 Å². The van der Waals surface area contributed by atoms with E-state index in [0.717, 1.165) is 5.56 Å². The Morgan fingerprint density at radius 1 is 1.19 bits per heavy atom. The number of halogens is 3. The van der Waals surface area contributed by atoms with Gasteiger partial charge in [-0.1, -0.05) is 34.8 Å². The van der Waals surface area contributed by atoms with Crippen LogP contribution in [0, 0.1) is 0 Å². The molecule has 1 atom stereocenters. The molecule has 5 heteroatoms. The number of hydrogen-bond acceptors (Lipinski definition) is 1. The Bertz CT molecular complexity index is 471. The number of rotatable bonds is 2. The lowest BCUT2D eigenvalue weighted by atomic mass is 10.1. The summed E-state index contributed by atoms with van der Waals surface area (Å²) in [6.07, 6.45) is 3.58. The van der Waals surface area contributed by atoms with Gasteiger partial charge >= 0.3 is 0 Å². The van der Waals surface area contributed by atoms with Gasteiger partial charge in [0.25, 0.3) is 0 Å². The smallest absolute Gasteiger partial charge is 0.0769 e. The molecular weight excluding hydrogens is 266 g/mol. The zero-order valence-electron chi connectivity index (χ0n) is 8.49. The van der Waals surface area contributed by atoms with E-state index in [4.69, 9.17) is 34.8 Å². The summed E-state index contributed by atoms with van der Waals surface area (Å²) in [5.41, 5.74) is 0.830. The second-order valence-electron chi connectivity index (χ2n) is 3.45. The van der Waals surface area contributed by atoms with Gasteiger partial charge in [-0.2, -0.15) is 5.10 Å². The summed E-state index contributed by atoms with van der Waals surface area (Å²) in [6.45, 7) is 1.98. The third-order valence-electron chi connectivity index (χ3n) is 2.38. The van der Waals surface area contributed by atoms with Gasteiger partial charge in [-0.3, -0.25) is 4.68 Å². The Labute approximate surface area is 109 Å². The van der Waals surface area contributed by atoms with Crippen LogP contribution in [-0.4, -0.2) is 9.78 Å². The van der Waals surface area contributed by atoms with Crippen molar-refractivity contribution in [3.63, 3.8) is 0 Å². The predicted octanol–water partition coefficient (Wildman–Crippen LogP) is 4.45. The molecule has 0 aliphatic carbocycles. The molecule has 1 unspecified atom stereocenters. The molecule has 0 saturated carbocycles. The molecule has 0 N–H and O–H groups in total. The highest BCUT2D eigenvalue weighted by molar-refractivity contribution is 6.39. The maximum Gasteiger partial charge on any atom is 0.0769 e. The zero-order chi connectivity index (χ0) is 11.7. The average Bonchev–Trinajstić information content (AvgIpc) is 2.67. The SMILES string of the molecule is CC(c1c(Cl)cc(Cl)cc1Cl)n1cccn1. The van der Waals surface area contributed by atoms with Crippen LogP contribution < -0.4 is 0 Å². The first-order valence-electron chi connectivity index (χ1n) is 4.73. The Morgan fingerprint density at radius 2 is 1.81 bits per heavy atom. The molecule has 16 heavy (non-hydrogen) atoms. The Balaban J connectivity index is 2.48. The first-order valence-corrected chi connectivity index (χ1v) is 5.86. The minimum Gasteiger partial charge on any atom is -0.265 e. The average molecular weight is 276 g/mol. The van der Waals surface area contributed by atoms with E-state index in [-0.39, 0.29) is 6.04 Å². The van der Waals surface area contributed by atoms with Crippen molar-refractivity contribution in [2.24, 2.45) is 0 Å². The second-order valence-corrected chi connectivity index (χ2v) is 4.70. The van der Waals surface area contributed by atoms with Crippen molar-refractivity contribution in [2.75, 3.05) is 0 Å². The molecule has 1 heterocycles. The fourth-order valence-electron chi connectivity index (χ4n) is 1.59. The van der Waals surface area contributed by atoms with Gasteiger partial charge in [-0.25, -0.2) is 0 Å². The number of hydrogen-bond donors (Lipinski definition) is 0. The van der Waals surface area contributed by atoms with Gasteiger partial charge in [0, 0.05) is 33.0 Å². The standard InChI is InChI=1S/C11H9Cl3N2/c1-7(16-4-2-3-15-16)11-9(13)5-8(12)6-10(11)14/h2-7H,1H3. The van der Waals surface area contributed by atoms with Gasteiger partial charge < -0.3 is 0 Å². The molecule has 1 aromatic carbocycles. The van der Waals surface area contributed by atoms with E-state index in [1.165, 1.54) is 0 Å². The maximum absolute atomic E-state index is 6.14. The molecule has 2 aromatic rings. The van der Waals surface area contributed by atoms with Crippen molar-refractivity contribution in [1.29, 1.82) is 0 Å². The van der Waals surface area contributed by atoms with Crippen molar-refractivity contribution in [2.45, 2.75) is 13.0 Å². The Kier molecular flexibility index (Phi) is 3.43. The van der Waals surface area contributed by atoms with E-state index < -0.39 is 0 Å². The zero-order valence-corrected chi connectivity index (χ0v) is 10.8. The van der Waals surface area contributed by atoms with E-state index in [0.29, 0.717) is 15.1 Å². The molecule has 2 nitrogen and oxygen atoms in total. The molecule has 2 rings (SSSR count). The fraction of sp³-hybridized carbons (Fsp3) is 0.182. The van der Waals surface area contributed by atoms with Crippen LogP contribution in [0.25, 0.3) is 0 Å². The molecule has 0 radical (unpaired) electrons. The molecule has 0 fully saturated rings. The van der Waals surface area contributed by atoms with E-state index in [2.05, 4.69) is 5.10 Å². The largest absolute Gasteiger partial charge is 0.265 e. The van der Waals surface area contributed by atoms with Crippen molar-refractivity contribution in [3.05, 3.63) is 51.2 Å². The lowest BCUT2D eigenvalue weighted by molar-refractivity contribution is 0.565. The molecule has 0 aliphatic rings. The van der Waals surface area contributed by atoms with Crippen LogP contribution in [0.1, 0.15) is 18.5 Å². The molecule has 0 aliphatic heterocycles. The van der Waals surface area contributed by atoms with Gasteiger partial charge in [0.1, 0.15) is 0 Å². The Hall–Kier alpha value is -0.700. The first kappa shape index (κ1) is 11.8. The second kappa shape index (κ2) is 4.66. The summed E-state index contributed by atoms with van der Waals surface area (Å²) in [4.78, 5) is 0. The van der Waals surface area contributed by atoms with Gasteiger partial charge in [-0.15, -0.1) is 0 Å². The lowest BCUT2D eigenvalue weighted by Crippen LogP contribution is -2.08. The quantitative estimate of drug-likeness (QED) is 0.791. The minimum atomic E-state index is -0.0210. The summed E-state index contributed by atoms with van der Waals surface area (Å²) < 4.78 is 1.79. The van der Waals surface area contributed by atoms with Crippen LogP contribution in [0.5, 0.6) is 0 Å². The van der Waals surface area contributed by atoms with E-state index in [9.17, 15) is 0 Å². The predicted molar refractivity (Wildman–Crippen MR) is 67.5 cm³/mol. The van der Waals surface area contributed by atoms with Crippen LogP contribution in [0.3, 0.4) is 0 Å². The van der Waals surface area contributed by atoms with E-state index >= 15 is 0 Å². The van der Waals surface area contributed by atoms with E-state index in [1.54, 1.807) is 23.0 Å². The third-order valence-corrected chi connectivity index (χ3v) is 3.23. The number of benzene rings is 1. The molecule has 84 valence electrons. The molecule has 1 aromatic heterocycles. The van der Waals surface area contributed by atoms with Crippen LogP contribution in [-0.2, 0) is 0 Å². The van der Waals surface area contributed by atoms with Crippen molar-refractivity contribution in [1.82, 2.24) is 9.78 Å². The van der Waals surface area contributed by atoms with Crippen LogP contribution >= 0.6 is 34.8 Å². The summed E-state index contributed by atoms with van der Waals surface area (Å²) in [5.74, 6) is 0. The van der Waals surface area contributed by atoms with Crippen molar-refractivity contribution in [3.8, 4) is 0 Å². The van der Waals surface area contributed by atoms with Gasteiger partial charge in [0.2, 0.25) is 0 Å². The topological polar surface area (TPSA) is 17.8 Å². The maximum atomic E-state index is 6.14. The monoisotopic (exact) mass is 274 g/mol. The normalized spacial score (nSPS) is 12.8.